The van der Waals surface area contributed by atoms with Crippen molar-refractivity contribution < 1.29 is 4.79 Å². The number of H-pyrrole nitrogens is 1. The van der Waals surface area contributed by atoms with Gasteiger partial charge in [0, 0.05) is 14.1 Å². The number of hydrogen-bond acceptors (Lipinski definition) is 4. The van der Waals surface area contributed by atoms with Gasteiger partial charge < -0.3 is 10.2 Å². The Morgan fingerprint density at radius 2 is 2.00 bits per heavy atom. The van der Waals surface area contributed by atoms with E-state index in [9.17, 15) is 9.59 Å². The van der Waals surface area contributed by atoms with Crippen molar-refractivity contribution >= 4 is 17.5 Å². The molecule has 0 aliphatic carbocycles. The quantitative estimate of drug-likeness (QED) is 0.871. The van der Waals surface area contributed by atoms with Gasteiger partial charge in [0.15, 0.2) is 0 Å². The summed E-state index contributed by atoms with van der Waals surface area (Å²) in [6.45, 7) is 0. The Kier molecular flexibility index (Phi) is 4.14. The van der Waals surface area contributed by atoms with Crippen LogP contribution in [0.25, 0.3) is 0 Å². The first-order chi connectivity index (χ1) is 9.56. The van der Waals surface area contributed by atoms with E-state index in [1.54, 1.807) is 19.0 Å². The zero-order chi connectivity index (χ0) is 14.5. The van der Waals surface area contributed by atoms with E-state index in [-0.39, 0.29) is 23.6 Å². The molecule has 0 saturated carbocycles. The summed E-state index contributed by atoms with van der Waals surface area (Å²) in [6, 6.07) is 9.33. The molecule has 0 aliphatic heterocycles. The third kappa shape index (κ3) is 3.44. The number of anilines is 2. The van der Waals surface area contributed by atoms with Gasteiger partial charge in [-0.3, -0.25) is 14.6 Å². The Labute approximate surface area is 116 Å². The normalized spacial score (nSPS) is 10.1. The van der Waals surface area contributed by atoms with E-state index < -0.39 is 0 Å². The van der Waals surface area contributed by atoms with Crippen LogP contribution in [0.1, 0.15) is 5.56 Å². The Morgan fingerprint density at radius 3 is 2.60 bits per heavy atom. The van der Waals surface area contributed by atoms with Gasteiger partial charge in [0.1, 0.15) is 5.69 Å². The number of nitrogens with one attached hydrogen (secondary N) is 2. The summed E-state index contributed by atoms with van der Waals surface area (Å²) in [5.41, 5.74) is 0.668. The van der Waals surface area contributed by atoms with Crippen molar-refractivity contribution in [1.82, 2.24) is 9.97 Å². The lowest BCUT2D eigenvalue weighted by Crippen LogP contribution is -2.24. The second-order valence-electron chi connectivity index (χ2n) is 4.55. The van der Waals surface area contributed by atoms with E-state index >= 15 is 0 Å². The molecule has 0 saturated heterocycles. The predicted molar refractivity (Wildman–Crippen MR) is 78.0 cm³/mol. The molecule has 1 amide bonds. The molecule has 0 atom stereocenters. The lowest BCUT2D eigenvalue weighted by molar-refractivity contribution is -0.115. The molecule has 2 aromatic rings. The van der Waals surface area contributed by atoms with Gasteiger partial charge in [0.2, 0.25) is 11.9 Å². The molecule has 2 N–H and O–H groups in total. The van der Waals surface area contributed by atoms with Crippen LogP contribution >= 0.6 is 0 Å². The molecule has 0 unspecified atom stereocenters. The molecule has 104 valence electrons. The maximum atomic E-state index is 11.9. The van der Waals surface area contributed by atoms with E-state index in [0.717, 1.165) is 5.56 Å². The Balaban J connectivity index is 2.07. The fraction of sp³-hybridized carbons (Fsp3) is 0.214. The summed E-state index contributed by atoms with van der Waals surface area (Å²) in [4.78, 5) is 32.0. The number of nitrogens with zero attached hydrogens (tertiary/aromatic N) is 2. The average Bonchev–Trinajstić information content (AvgIpc) is 2.42. The second-order valence-corrected chi connectivity index (χ2v) is 4.55. The zero-order valence-corrected chi connectivity index (χ0v) is 11.4. The van der Waals surface area contributed by atoms with Crippen molar-refractivity contribution in [3.8, 4) is 0 Å². The number of aromatic nitrogens is 2. The summed E-state index contributed by atoms with van der Waals surface area (Å²) >= 11 is 0. The Bertz CT molecular complexity index is 650. The highest BCUT2D eigenvalue weighted by atomic mass is 16.2. The minimum Gasteiger partial charge on any atom is -0.348 e. The van der Waals surface area contributed by atoms with Crippen LogP contribution in [0.2, 0.25) is 0 Å². The first kappa shape index (κ1) is 13.8. The lowest BCUT2D eigenvalue weighted by Gasteiger charge is -2.11. The van der Waals surface area contributed by atoms with Crippen LogP contribution in [-0.2, 0) is 11.2 Å². The van der Waals surface area contributed by atoms with Crippen LogP contribution in [0.3, 0.4) is 0 Å². The van der Waals surface area contributed by atoms with Crippen molar-refractivity contribution in [2.24, 2.45) is 0 Å². The van der Waals surface area contributed by atoms with E-state index in [2.05, 4.69) is 15.3 Å². The standard InChI is InChI=1S/C14H16N4O2/c1-18(2)14-15-9-11(13(20)17-14)16-12(19)8-10-6-4-3-5-7-10/h3-7,9H,8H2,1-2H3,(H,16,19)(H,15,17,20). The van der Waals surface area contributed by atoms with Crippen molar-refractivity contribution in [2.45, 2.75) is 6.42 Å². The molecule has 0 bridgehead atoms. The largest absolute Gasteiger partial charge is 0.348 e. The minimum absolute atomic E-state index is 0.150. The van der Waals surface area contributed by atoms with Gasteiger partial charge in [0.25, 0.3) is 5.56 Å². The van der Waals surface area contributed by atoms with Crippen molar-refractivity contribution in [2.75, 3.05) is 24.3 Å². The smallest absolute Gasteiger partial charge is 0.276 e. The van der Waals surface area contributed by atoms with Gasteiger partial charge in [-0.2, -0.15) is 0 Å². The SMILES string of the molecule is CN(C)c1ncc(NC(=O)Cc2ccccc2)c(=O)[nH]1. The number of rotatable bonds is 4. The maximum Gasteiger partial charge on any atom is 0.276 e. The molecule has 0 aliphatic rings. The maximum absolute atomic E-state index is 11.9. The molecule has 2 rings (SSSR count). The first-order valence-corrected chi connectivity index (χ1v) is 6.16. The third-order valence-electron chi connectivity index (χ3n) is 2.69. The van der Waals surface area contributed by atoms with Gasteiger partial charge in [-0.05, 0) is 5.56 Å². The highest BCUT2D eigenvalue weighted by Gasteiger charge is 2.08. The third-order valence-corrected chi connectivity index (χ3v) is 2.69. The van der Waals surface area contributed by atoms with Crippen molar-refractivity contribution in [3.63, 3.8) is 0 Å². The molecular formula is C14H16N4O2. The Morgan fingerprint density at radius 1 is 1.30 bits per heavy atom. The predicted octanol–water partition coefficient (Wildman–Crippen LogP) is 1.02. The molecule has 0 fully saturated rings. The van der Waals surface area contributed by atoms with Crippen LogP contribution in [0.4, 0.5) is 11.6 Å². The van der Waals surface area contributed by atoms with Crippen molar-refractivity contribution in [1.29, 1.82) is 0 Å². The van der Waals surface area contributed by atoms with Gasteiger partial charge in [0.05, 0.1) is 12.6 Å². The lowest BCUT2D eigenvalue weighted by atomic mass is 10.1. The summed E-state index contributed by atoms with van der Waals surface area (Å²) in [6.07, 6.45) is 1.58. The number of carbonyl (C=O) groups is 1. The molecule has 0 spiro atoms. The van der Waals surface area contributed by atoms with Crippen LogP contribution in [0.5, 0.6) is 0 Å². The summed E-state index contributed by atoms with van der Waals surface area (Å²) in [7, 11) is 3.54. The molecule has 0 radical (unpaired) electrons. The number of benzene rings is 1. The second kappa shape index (κ2) is 6.01. The monoisotopic (exact) mass is 272 g/mol. The van der Waals surface area contributed by atoms with Crippen LogP contribution < -0.4 is 15.8 Å². The zero-order valence-electron chi connectivity index (χ0n) is 11.4. The summed E-state index contributed by atoms with van der Waals surface area (Å²) < 4.78 is 0. The fourth-order valence-electron chi connectivity index (χ4n) is 1.68. The van der Waals surface area contributed by atoms with Gasteiger partial charge in [-0.25, -0.2) is 4.98 Å². The Hall–Kier alpha value is -2.63. The number of hydrogen-bond donors (Lipinski definition) is 2. The molecule has 6 nitrogen and oxygen atoms in total. The number of aromatic amines is 1. The molecule has 1 heterocycles. The number of amides is 1. The van der Waals surface area contributed by atoms with Gasteiger partial charge >= 0.3 is 0 Å². The topological polar surface area (TPSA) is 78.1 Å². The number of carbonyl (C=O) groups excluding carboxylic acids is 1. The molecule has 20 heavy (non-hydrogen) atoms. The van der Waals surface area contributed by atoms with Crippen LogP contribution in [-0.4, -0.2) is 30.0 Å². The molecule has 1 aromatic carbocycles. The van der Waals surface area contributed by atoms with E-state index in [1.165, 1.54) is 6.20 Å². The van der Waals surface area contributed by atoms with E-state index in [0.29, 0.717) is 5.95 Å². The average molecular weight is 272 g/mol. The van der Waals surface area contributed by atoms with Crippen LogP contribution in [0.15, 0.2) is 41.3 Å². The fourth-order valence-corrected chi connectivity index (χ4v) is 1.68. The van der Waals surface area contributed by atoms with E-state index in [1.807, 2.05) is 30.3 Å². The van der Waals surface area contributed by atoms with E-state index in [4.69, 9.17) is 0 Å². The van der Waals surface area contributed by atoms with Crippen molar-refractivity contribution in [3.05, 3.63) is 52.4 Å². The first-order valence-electron chi connectivity index (χ1n) is 6.16. The van der Waals surface area contributed by atoms with Crippen LogP contribution in [0, 0.1) is 0 Å². The summed E-state index contributed by atoms with van der Waals surface area (Å²) in [5.74, 6) is 0.192. The molecule has 6 heteroatoms. The highest BCUT2D eigenvalue weighted by Crippen LogP contribution is 2.04. The highest BCUT2D eigenvalue weighted by molar-refractivity contribution is 5.91. The van der Waals surface area contributed by atoms with Gasteiger partial charge in [-0.1, -0.05) is 30.3 Å². The molecule has 1 aromatic heterocycles. The summed E-state index contributed by atoms with van der Waals surface area (Å²) in [5, 5.41) is 2.56. The van der Waals surface area contributed by atoms with Gasteiger partial charge in [-0.15, -0.1) is 0 Å². The molecular weight excluding hydrogens is 256 g/mol. The minimum atomic E-state index is -0.370.